The van der Waals surface area contributed by atoms with E-state index < -0.39 is 0 Å². The van der Waals surface area contributed by atoms with E-state index in [9.17, 15) is 9.59 Å². The van der Waals surface area contributed by atoms with Gasteiger partial charge < -0.3 is 4.90 Å². The van der Waals surface area contributed by atoms with Crippen LogP contribution in [-0.4, -0.2) is 63.4 Å². The van der Waals surface area contributed by atoms with Crippen molar-refractivity contribution in [1.29, 1.82) is 0 Å². The number of hydrogen-bond acceptors (Lipinski definition) is 6. The number of benzene rings is 1. The standard InChI is InChI=1S/C23H30N4O2S/c1-16-8-5-6-9-20(16)14-26-10-7-11-27(13-12-26)21(29)15-30-23-22(18(3)28)17(2)24-19(4)25-23/h5-6,8-9H,7,10-15H2,1-4H3. The van der Waals surface area contributed by atoms with Crippen molar-refractivity contribution >= 4 is 23.5 Å². The Morgan fingerprint density at radius 2 is 1.80 bits per heavy atom. The van der Waals surface area contributed by atoms with E-state index >= 15 is 0 Å². The van der Waals surface area contributed by atoms with Gasteiger partial charge in [0, 0.05) is 32.7 Å². The molecule has 6 nitrogen and oxygen atoms in total. The SMILES string of the molecule is CC(=O)c1c(C)nc(C)nc1SCC(=O)N1CCCN(Cc2ccccc2C)CC1. The van der Waals surface area contributed by atoms with Gasteiger partial charge in [-0.1, -0.05) is 36.0 Å². The van der Waals surface area contributed by atoms with Gasteiger partial charge in [0.2, 0.25) is 5.91 Å². The van der Waals surface area contributed by atoms with E-state index in [1.807, 2.05) is 11.8 Å². The number of amides is 1. The molecule has 0 spiro atoms. The van der Waals surface area contributed by atoms with E-state index in [1.54, 1.807) is 6.92 Å². The van der Waals surface area contributed by atoms with Crippen molar-refractivity contribution in [2.45, 2.75) is 45.7 Å². The molecule has 160 valence electrons. The highest BCUT2D eigenvalue weighted by molar-refractivity contribution is 8.00. The molecule has 1 amide bonds. The summed E-state index contributed by atoms with van der Waals surface area (Å²) < 4.78 is 0. The number of carbonyl (C=O) groups excluding carboxylic acids is 2. The quantitative estimate of drug-likeness (QED) is 0.401. The minimum atomic E-state index is -0.0657. The summed E-state index contributed by atoms with van der Waals surface area (Å²) in [6.07, 6.45) is 0.965. The van der Waals surface area contributed by atoms with Crippen LogP contribution in [0.15, 0.2) is 29.3 Å². The Morgan fingerprint density at radius 3 is 2.53 bits per heavy atom. The van der Waals surface area contributed by atoms with Gasteiger partial charge in [0.15, 0.2) is 5.78 Å². The third-order valence-corrected chi connectivity index (χ3v) is 6.41. The highest BCUT2D eigenvalue weighted by Crippen LogP contribution is 2.24. The average molecular weight is 427 g/mol. The summed E-state index contributed by atoms with van der Waals surface area (Å²) in [6.45, 7) is 11.6. The second-order valence-electron chi connectivity index (χ2n) is 7.82. The molecule has 0 radical (unpaired) electrons. The van der Waals surface area contributed by atoms with Crippen molar-refractivity contribution in [3.05, 3.63) is 52.5 Å². The summed E-state index contributed by atoms with van der Waals surface area (Å²) in [5.41, 5.74) is 3.85. The first-order valence-corrected chi connectivity index (χ1v) is 11.4. The van der Waals surface area contributed by atoms with E-state index in [4.69, 9.17) is 0 Å². The molecule has 1 aliphatic rings. The third-order valence-electron chi connectivity index (χ3n) is 5.45. The molecule has 0 N–H and O–H groups in total. The lowest BCUT2D eigenvalue weighted by atomic mass is 10.1. The largest absolute Gasteiger partial charge is 0.341 e. The van der Waals surface area contributed by atoms with Crippen LogP contribution in [0, 0.1) is 20.8 Å². The Bertz CT molecular complexity index is 931. The molecule has 0 aliphatic carbocycles. The predicted octanol–water partition coefficient (Wildman–Crippen LogP) is 3.43. The maximum atomic E-state index is 12.9. The van der Waals surface area contributed by atoms with Crippen molar-refractivity contribution in [3.63, 3.8) is 0 Å². The lowest BCUT2D eigenvalue weighted by Crippen LogP contribution is -2.36. The number of rotatable bonds is 6. The molecule has 2 aromatic rings. The van der Waals surface area contributed by atoms with Crippen LogP contribution in [-0.2, 0) is 11.3 Å². The first-order chi connectivity index (χ1) is 14.3. The normalized spacial score (nSPS) is 15.1. The molecule has 0 unspecified atom stereocenters. The Labute approximate surface area is 183 Å². The van der Waals surface area contributed by atoms with Crippen LogP contribution in [0.2, 0.25) is 0 Å². The molecule has 0 bridgehead atoms. The fraction of sp³-hybridized carbons (Fsp3) is 0.478. The molecule has 3 rings (SSSR count). The van der Waals surface area contributed by atoms with Crippen molar-refractivity contribution in [2.75, 3.05) is 31.9 Å². The van der Waals surface area contributed by atoms with Crippen molar-refractivity contribution in [2.24, 2.45) is 0 Å². The van der Waals surface area contributed by atoms with E-state index in [0.717, 1.165) is 39.1 Å². The first kappa shape index (κ1) is 22.4. The Hall–Kier alpha value is -2.25. The molecule has 1 saturated heterocycles. The Balaban J connectivity index is 1.58. The van der Waals surface area contributed by atoms with Gasteiger partial charge in [-0.2, -0.15) is 0 Å². The molecule has 1 aliphatic heterocycles. The fourth-order valence-electron chi connectivity index (χ4n) is 3.82. The summed E-state index contributed by atoms with van der Waals surface area (Å²) in [7, 11) is 0. The monoisotopic (exact) mass is 426 g/mol. The average Bonchev–Trinajstić information content (AvgIpc) is 2.92. The van der Waals surface area contributed by atoms with Gasteiger partial charge in [0.25, 0.3) is 0 Å². The molecule has 0 atom stereocenters. The maximum absolute atomic E-state index is 12.9. The Kier molecular flexibility index (Phi) is 7.61. The molecule has 2 heterocycles. The molecule has 7 heteroatoms. The number of ketones is 1. The number of aromatic nitrogens is 2. The molecule has 30 heavy (non-hydrogen) atoms. The van der Waals surface area contributed by atoms with Crippen LogP contribution in [0.5, 0.6) is 0 Å². The number of Topliss-reactive ketones (excluding diaryl/α,β-unsaturated/α-hetero) is 1. The maximum Gasteiger partial charge on any atom is 0.233 e. The van der Waals surface area contributed by atoms with E-state index in [-0.39, 0.29) is 17.4 Å². The second kappa shape index (κ2) is 10.2. The van der Waals surface area contributed by atoms with Crippen LogP contribution >= 0.6 is 11.8 Å². The summed E-state index contributed by atoms with van der Waals surface area (Å²) in [4.78, 5) is 37.9. The zero-order valence-corrected chi connectivity index (χ0v) is 19.1. The molecular formula is C23H30N4O2S. The highest BCUT2D eigenvalue weighted by Gasteiger charge is 2.21. The van der Waals surface area contributed by atoms with Gasteiger partial charge >= 0.3 is 0 Å². The lowest BCUT2D eigenvalue weighted by Gasteiger charge is -2.22. The zero-order valence-electron chi connectivity index (χ0n) is 18.3. The minimum Gasteiger partial charge on any atom is -0.341 e. The van der Waals surface area contributed by atoms with Crippen molar-refractivity contribution in [3.8, 4) is 0 Å². The molecular weight excluding hydrogens is 396 g/mol. The van der Waals surface area contributed by atoms with Crippen LogP contribution < -0.4 is 0 Å². The zero-order chi connectivity index (χ0) is 21.7. The third kappa shape index (κ3) is 5.67. The van der Waals surface area contributed by atoms with Crippen LogP contribution in [0.25, 0.3) is 0 Å². The van der Waals surface area contributed by atoms with Crippen LogP contribution in [0.4, 0.5) is 0 Å². The smallest absolute Gasteiger partial charge is 0.233 e. The number of nitrogens with zero attached hydrogens (tertiary/aromatic N) is 4. The van der Waals surface area contributed by atoms with Gasteiger partial charge in [-0.25, -0.2) is 9.97 Å². The second-order valence-corrected chi connectivity index (χ2v) is 8.78. The highest BCUT2D eigenvalue weighted by atomic mass is 32.2. The summed E-state index contributed by atoms with van der Waals surface area (Å²) in [5.74, 6) is 0.938. The van der Waals surface area contributed by atoms with E-state index in [1.165, 1.54) is 29.8 Å². The fourth-order valence-corrected chi connectivity index (χ4v) is 4.89. The summed E-state index contributed by atoms with van der Waals surface area (Å²) in [5, 5.41) is 0.608. The van der Waals surface area contributed by atoms with Gasteiger partial charge in [0.1, 0.15) is 10.9 Å². The van der Waals surface area contributed by atoms with Crippen molar-refractivity contribution in [1.82, 2.24) is 19.8 Å². The van der Waals surface area contributed by atoms with E-state index in [0.29, 0.717) is 22.1 Å². The molecule has 0 saturated carbocycles. The minimum absolute atomic E-state index is 0.0657. The Morgan fingerprint density at radius 1 is 1.03 bits per heavy atom. The van der Waals surface area contributed by atoms with Gasteiger partial charge in [-0.3, -0.25) is 14.5 Å². The van der Waals surface area contributed by atoms with Crippen molar-refractivity contribution < 1.29 is 9.59 Å². The molecule has 1 aromatic heterocycles. The topological polar surface area (TPSA) is 66.4 Å². The summed E-state index contributed by atoms with van der Waals surface area (Å²) in [6, 6.07) is 8.47. The van der Waals surface area contributed by atoms with Crippen LogP contribution in [0.1, 0.15) is 46.3 Å². The summed E-state index contributed by atoms with van der Waals surface area (Å²) >= 11 is 1.34. The number of carbonyl (C=O) groups is 2. The molecule has 1 fully saturated rings. The molecule has 1 aromatic carbocycles. The van der Waals surface area contributed by atoms with Gasteiger partial charge in [0.05, 0.1) is 17.0 Å². The number of thioether (sulfide) groups is 1. The first-order valence-electron chi connectivity index (χ1n) is 10.4. The van der Waals surface area contributed by atoms with Gasteiger partial charge in [-0.15, -0.1) is 0 Å². The predicted molar refractivity (Wildman–Crippen MR) is 120 cm³/mol. The lowest BCUT2D eigenvalue weighted by molar-refractivity contribution is -0.128. The van der Waals surface area contributed by atoms with Crippen LogP contribution in [0.3, 0.4) is 0 Å². The number of hydrogen-bond donors (Lipinski definition) is 0. The van der Waals surface area contributed by atoms with Gasteiger partial charge in [-0.05, 0) is 45.2 Å². The number of aryl methyl sites for hydroxylation is 3. The van der Waals surface area contributed by atoms with E-state index in [2.05, 4.69) is 46.1 Å².